The highest BCUT2D eigenvalue weighted by Gasteiger charge is 2.34. The normalized spacial score (nSPS) is 18.6. The molecule has 9 heteroatoms. The molecule has 3 heterocycles. The number of hydrogen-bond donors (Lipinski definition) is 2. The van der Waals surface area contributed by atoms with E-state index >= 15 is 0 Å². The van der Waals surface area contributed by atoms with Crippen molar-refractivity contribution in [3.05, 3.63) is 47.8 Å². The number of carbonyl (C=O) groups is 2. The zero-order chi connectivity index (χ0) is 23.7. The summed E-state index contributed by atoms with van der Waals surface area (Å²) in [4.78, 5) is 34.4. The first kappa shape index (κ1) is 22.7. The highest BCUT2D eigenvalue weighted by Crippen LogP contribution is 2.34. The molecule has 0 spiro atoms. The summed E-state index contributed by atoms with van der Waals surface area (Å²) < 4.78 is 1.61. The lowest BCUT2D eigenvalue weighted by Gasteiger charge is -2.38. The van der Waals surface area contributed by atoms with Crippen LogP contribution in [-0.2, 0) is 23.2 Å². The van der Waals surface area contributed by atoms with Gasteiger partial charge in [-0.05, 0) is 44.0 Å². The first-order valence-corrected chi connectivity index (χ1v) is 11.2. The van der Waals surface area contributed by atoms with Crippen LogP contribution in [0.15, 0.2) is 36.7 Å². The van der Waals surface area contributed by atoms with Gasteiger partial charge in [0.2, 0.25) is 0 Å². The predicted molar refractivity (Wildman–Crippen MR) is 128 cm³/mol. The lowest BCUT2D eigenvalue weighted by molar-refractivity contribution is -0.146. The van der Waals surface area contributed by atoms with Crippen LogP contribution in [0, 0.1) is 5.92 Å². The van der Waals surface area contributed by atoms with E-state index in [4.69, 9.17) is 5.73 Å². The summed E-state index contributed by atoms with van der Waals surface area (Å²) in [6.45, 7) is 3.46. The van der Waals surface area contributed by atoms with Gasteiger partial charge in [0, 0.05) is 20.1 Å². The van der Waals surface area contributed by atoms with Crippen LogP contribution in [0.4, 0.5) is 11.5 Å². The van der Waals surface area contributed by atoms with E-state index in [1.165, 1.54) is 11.8 Å². The van der Waals surface area contributed by atoms with Crippen molar-refractivity contribution in [1.82, 2.24) is 24.6 Å². The van der Waals surface area contributed by atoms with Crippen molar-refractivity contribution in [3.63, 3.8) is 0 Å². The Morgan fingerprint density at radius 2 is 2.03 bits per heavy atom. The first-order chi connectivity index (χ1) is 15.7. The molecule has 1 aliphatic heterocycles. The minimum absolute atomic E-state index is 0.136. The third-order valence-electron chi connectivity index (χ3n) is 6.16. The van der Waals surface area contributed by atoms with Crippen LogP contribution < -0.4 is 11.1 Å². The molecular weight excluding hydrogens is 418 g/mol. The number of fused-ring (bicyclic) bond motifs is 1. The third kappa shape index (κ3) is 4.68. The molecule has 0 bridgehead atoms. The zero-order valence-electron chi connectivity index (χ0n) is 19.6. The highest BCUT2D eigenvalue weighted by molar-refractivity contribution is 6.40. The summed E-state index contributed by atoms with van der Waals surface area (Å²) in [5, 5.41) is 7.57. The van der Waals surface area contributed by atoms with E-state index in [0.29, 0.717) is 34.9 Å². The topological polar surface area (TPSA) is 109 Å². The number of pyridine rings is 1. The number of amides is 2. The maximum absolute atomic E-state index is 13.4. The Morgan fingerprint density at radius 1 is 1.24 bits per heavy atom. The zero-order valence-corrected chi connectivity index (χ0v) is 19.6. The van der Waals surface area contributed by atoms with Gasteiger partial charge in [-0.1, -0.05) is 31.2 Å². The quantitative estimate of drug-likeness (QED) is 0.593. The molecule has 33 heavy (non-hydrogen) atoms. The van der Waals surface area contributed by atoms with Crippen LogP contribution in [0.3, 0.4) is 0 Å². The van der Waals surface area contributed by atoms with Crippen LogP contribution >= 0.6 is 0 Å². The van der Waals surface area contributed by atoms with Crippen molar-refractivity contribution in [3.8, 4) is 0 Å². The van der Waals surface area contributed by atoms with E-state index in [-0.39, 0.29) is 6.04 Å². The Hall–Kier alpha value is -3.46. The predicted octanol–water partition coefficient (Wildman–Crippen LogP) is 2.55. The third-order valence-corrected chi connectivity index (χ3v) is 6.16. The summed E-state index contributed by atoms with van der Waals surface area (Å²) >= 11 is 0. The average molecular weight is 450 g/mol. The van der Waals surface area contributed by atoms with Crippen molar-refractivity contribution in [2.45, 2.75) is 32.4 Å². The van der Waals surface area contributed by atoms with E-state index in [0.717, 1.165) is 24.9 Å². The number of nitrogen functional groups attached to an aromatic ring is 1. The van der Waals surface area contributed by atoms with Gasteiger partial charge in [-0.2, -0.15) is 5.10 Å². The van der Waals surface area contributed by atoms with Crippen LogP contribution in [0.1, 0.15) is 36.9 Å². The summed E-state index contributed by atoms with van der Waals surface area (Å²) in [6, 6.07) is 8.15. The second-order valence-electron chi connectivity index (χ2n) is 9.18. The van der Waals surface area contributed by atoms with Crippen molar-refractivity contribution in [2.75, 3.05) is 31.7 Å². The Labute approximate surface area is 193 Å². The van der Waals surface area contributed by atoms with Gasteiger partial charge < -0.3 is 20.9 Å². The maximum atomic E-state index is 13.4. The Morgan fingerprint density at radius 3 is 2.79 bits per heavy atom. The highest BCUT2D eigenvalue weighted by atomic mass is 16.2. The van der Waals surface area contributed by atoms with Crippen LogP contribution in [-0.4, -0.2) is 57.0 Å². The number of rotatable bonds is 4. The molecular formula is C24H31N7O2. The summed E-state index contributed by atoms with van der Waals surface area (Å²) in [5.74, 6) is -0.584. The fourth-order valence-electron chi connectivity index (χ4n) is 4.59. The Kier molecular flexibility index (Phi) is 6.33. The van der Waals surface area contributed by atoms with E-state index in [1.54, 1.807) is 22.8 Å². The van der Waals surface area contributed by atoms with Gasteiger partial charge in [-0.15, -0.1) is 0 Å². The molecule has 3 aromatic rings. The van der Waals surface area contributed by atoms with Gasteiger partial charge in [0.05, 0.1) is 35.0 Å². The molecule has 174 valence electrons. The second-order valence-corrected chi connectivity index (χ2v) is 9.18. The summed E-state index contributed by atoms with van der Waals surface area (Å²) in [5.41, 5.74) is 9.21. The van der Waals surface area contributed by atoms with E-state index < -0.39 is 11.8 Å². The number of hydrogen-bond acceptors (Lipinski definition) is 6. The molecule has 1 aromatic carbocycles. The fourth-order valence-corrected chi connectivity index (χ4v) is 4.59. The number of carbonyl (C=O) groups excluding carboxylic acids is 2. The Bertz CT molecular complexity index is 1190. The SMILES string of the molecule is C[C@H]1CC[C@H](c2cccc(CN(C)C)c2)N(C(=O)C(=O)Nc2cnc(N)c3cnn(C)c23)C1. The molecule has 1 fully saturated rings. The van der Waals surface area contributed by atoms with E-state index in [9.17, 15) is 9.59 Å². The standard InChI is InChI=1S/C24H31N7O2/c1-15-8-9-20(17-7-5-6-16(10-17)14-29(2)3)31(13-15)24(33)23(32)28-19-12-26-22(25)18-11-27-30(4)21(18)19/h5-7,10-12,15,20H,8-9,13-14H2,1-4H3,(H2,25,26)(H,28,32)/t15-,20+/m0/s1. The van der Waals surface area contributed by atoms with Crippen LogP contribution in [0.25, 0.3) is 10.9 Å². The molecule has 0 unspecified atom stereocenters. The minimum Gasteiger partial charge on any atom is -0.383 e. The number of anilines is 2. The number of nitrogens with two attached hydrogens (primary N) is 1. The Balaban J connectivity index is 1.59. The van der Waals surface area contributed by atoms with Crippen LogP contribution in [0.5, 0.6) is 0 Å². The lowest BCUT2D eigenvalue weighted by atomic mass is 9.89. The molecule has 0 saturated carbocycles. The molecule has 2 aromatic heterocycles. The average Bonchev–Trinajstić information content (AvgIpc) is 3.17. The second kappa shape index (κ2) is 9.19. The molecule has 0 radical (unpaired) electrons. The molecule has 4 rings (SSSR count). The number of benzene rings is 1. The van der Waals surface area contributed by atoms with Gasteiger partial charge >= 0.3 is 11.8 Å². The van der Waals surface area contributed by atoms with Crippen molar-refractivity contribution < 1.29 is 9.59 Å². The van der Waals surface area contributed by atoms with Gasteiger partial charge in [0.25, 0.3) is 0 Å². The smallest absolute Gasteiger partial charge is 0.314 e. The van der Waals surface area contributed by atoms with Crippen molar-refractivity contribution >= 4 is 34.2 Å². The number of nitrogens with zero attached hydrogens (tertiary/aromatic N) is 5. The minimum atomic E-state index is -0.687. The largest absolute Gasteiger partial charge is 0.383 e. The number of aryl methyl sites for hydroxylation is 1. The number of likely N-dealkylation sites (tertiary alicyclic amines) is 1. The maximum Gasteiger partial charge on any atom is 0.314 e. The van der Waals surface area contributed by atoms with Gasteiger partial charge in [-0.25, -0.2) is 4.98 Å². The van der Waals surface area contributed by atoms with Crippen molar-refractivity contribution in [2.24, 2.45) is 13.0 Å². The monoisotopic (exact) mass is 449 g/mol. The molecule has 2 amide bonds. The molecule has 2 atom stereocenters. The fraction of sp³-hybridized carbons (Fsp3) is 0.417. The van der Waals surface area contributed by atoms with Gasteiger partial charge in [0.15, 0.2) is 0 Å². The van der Waals surface area contributed by atoms with Gasteiger partial charge in [0.1, 0.15) is 5.82 Å². The molecule has 9 nitrogen and oxygen atoms in total. The van der Waals surface area contributed by atoms with Gasteiger partial charge in [-0.3, -0.25) is 14.3 Å². The molecule has 0 aliphatic carbocycles. The molecule has 1 saturated heterocycles. The summed E-state index contributed by atoms with van der Waals surface area (Å²) in [6.07, 6.45) is 4.89. The number of nitrogens with one attached hydrogen (secondary N) is 1. The van der Waals surface area contributed by atoms with Crippen LogP contribution in [0.2, 0.25) is 0 Å². The number of aromatic nitrogens is 3. The van der Waals surface area contributed by atoms with E-state index in [1.807, 2.05) is 26.2 Å². The summed E-state index contributed by atoms with van der Waals surface area (Å²) in [7, 11) is 5.81. The molecule has 3 N–H and O–H groups in total. The molecule has 1 aliphatic rings. The first-order valence-electron chi connectivity index (χ1n) is 11.2. The number of piperidine rings is 1. The van der Waals surface area contributed by atoms with E-state index in [2.05, 4.69) is 39.4 Å². The lowest BCUT2D eigenvalue weighted by Crippen LogP contribution is -2.46. The van der Waals surface area contributed by atoms with Crippen molar-refractivity contribution in [1.29, 1.82) is 0 Å².